The van der Waals surface area contributed by atoms with Crippen molar-refractivity contribution in [2.45, 2.75) is 6.04 Å². The van der Waals surface area contributed by atoms with Gasteiger partial charge in [-0.2, -0.15) is 12.8 Å². The Morgan fingerprint density at radius 3 is 2.70 bits per heavy atom. The normalized spacial score (nSPS) is 29.7. The van der Waals surface area contributed by atoms with Gasteiger partial charge in [0.2, 0.25) is 0 Å². The third kappa shape index (κ3) is 1.31. The molecule has 0 radical (unpaired) electrons. The molecular weight excluding hydrogens is 158 g/mol. The highest BCUT2D eigenvalue weighted by molar-refractivity contribution is 7.89. The van der Waals surface area contributed by atoms with Crippen LogP contribution in [0, 0.1) is 0 Å². The molecule has 3 N–H and O–H groups in total. The summed E-state index contributed by atoms with van der Waals surface area (Å²) in [5, 5.41) is 0. The summed E-state index contributed by atoms with van der Waals surface area (Å²) in [5.74, 6) is -0.755. The number of nitrogens with zero attached hydrogens (tertiary/aromatic N) is 1. The molecule has 56 valence electrons. The lowest BCUT2D eigenvalue weighted by Gasteiger charge is -2.10. The van der Waals surface area contributed by atoms with E-state index in [4.69, 9.17) is 5.73 Å². The molecule has 0 saturated heterocycles. The second kappa shape index (κ2) is 2.03. The third-order valence-corrected chi connectivity index (χ3v) is 1.75. The van der Waals surface area contributed by atoms with Crippen molar-refractivity contribution in [2.75, 3.05) is 0 Å². The van der Waals surface area contributed by atoms with Gasteiger partial charge in [-0.3, -0.25) is 4.79 Å². The third-order valence-electron chi connectivity index (χ3n) is 0.893. The zero-order valence-electron chi connectivity index (χ0n) is 4.81. The van der Waals surface area contributed by atoms with Gasteiger partial charge in [0.1, 0.15) is 6.04 Å². The van der Waals surface area contributed by atoms with E-state index in [1.165, 1.54) is 0 Å². The van der Waals surface area contributed by atoms with E-state index in [0.29, 0.717) is 0 Å². The van der Waals surface area contributed by atoms with E-state index < -0.39 is 22.2 Å². The second-order valence-electron chi connectivity index (χ2n) is 1.72. The Kier molecular flexibility index (Phi) is 1.45. The molecule has 0 aliphatic carbocycles. The van der Waals surface area contributed by atoms with Crippen LogP contribution in [-0.2, 0) is 15.0 Å². The predicted octanol–water partition coefficient (Wildman–Crippen LogP) is -2.24. The number of rotatable bonds is 0. The van der Waals surface area contributed by atoms with Crippen LogP contribution in [0.3, 0.4) is 0 Å². The largest absolute Gasteiger partial charge is 0.344 e. The van der Waals surface area contributed by atoms with E-state index in [1.807, 2.05) is 0 Å². The van der Waals surface area contributed by atoms with Crippen LogP contribution < -0.4 is 10.5 Å². The molecule has 1 aliphatic heterocycles. The highest BCUT2D eigenvalue weighted by atomic mass is 32.2. The van der Waals surface area contributed by atoms with Crippen molar-refractivity contribution in [1.82, 2.24) is 4.72 Å². The molecule has 1 heterocycles. The molecule has 0 saturated carbocycles. The fourth-order valence-electron chi connectivity index (χ4n) is 0.435. The zero-order valence-corrected chi connectivity index (χ0v) is 5.63. The van der Waals surface area contributed by atoms with Crippen molar-refractivity contribution >= 4 is 22.3 Å². The van der Waals surface area contributed by atoms with Gasteiger partial charge in [-0.25, -0.2) is 4.72 Å². The number of amides is 1. The van der Waals surface area contributed by atoms with Gasteiger partial charge in [0.25, 0.3) is 5.91 Å². The van der Waals surface area contributed by atoms with Gasteiger partial charge in [0.15, 0.2) is 0 Å². The van der Waals surface area contributed by atoms with Crippen molar-refractivity contribution in [3.05, 3.63) is 0 Å². The van der Waals surface area contributed by atoms with Crippen molar-refractivity contribution in [3.8, 4) is 0 Å². The molecule has 1 amide bonds. The minimum Gasteiger partial charge on any atom is -0.315 e. The molecule has 0 spiro atoms. The summed E-state index contributed by atoms with van der Waals surface area (Å²) in [4.78, 5) is 10.5. The summed E-state index contributed by atoms with van der Waals surface area (Å²) in [6.07, 6.45) is 0.883. The lowest BCUT2D eigenvalue weighted by molar-refractivity contribution is -0.119. The Bertz CT molecular complexity index is 279. The quantitative estimate of drug-likeness (QED) is 0.421. The molecular formula is C3H5N3O3S. The number of hydrogen-bond donors (Lipinski definition) is 2. The molecule has 0 aromatic heterocycles. The van der Waals surface area contributed by atoms with Gasteiger partial charge in [-0.15, -0.1) is 0 Å². The van der Waals surface area contributed by atoms with Crippen LogP contribution in [-0.4, -0.2) is 26.6 Å². The Morgan fingerprint density at radius 2 is 2.30 bits per heavy atom. The highest BCUT2D eigenvalue weighted by Gasteiger charge is 2.22. The van der Waals surface area contributed by atoms with E-state index in [1.54, 1.807) is 4.72 Å². The van der Waals surface area contributed by atoms with Crippen LogP contribution in [0.4, 0.5) is 0 Å². The number of carbonyl (C=O) groups is 1. The maximum absolute atomic E-state index is 10.5. The number of hydrogen-bond acceptors (Lipinski definition) is 4. The molecule has 1 unspecified atom stereocenters. The first-order valence-electron chi connectivity index (χ1n) is 2.39. The average Bonchev–Trinajstić information content (AvgIpc) is 1.79. The molecule has 7 heteroatoms. The second-order valence-corrected chi connectivity index (χ2v) is 3.09. The zero-order chi connectivity index (χ0) is 7.78. The summed E-state index contributed by atoms with van der Waals surface area (Å²) in [6.45, 7) is 0. The van der Waals surface area contributed by atoms with Gasteiger partial charge in [-0.05, 0) is 0 Å². The number of nitrogens with two attached hydrogens (primary N) is 1. The fourth-order valence-corrected chi connectivity index (χ4v) is 1.17. The molecule has 1 rings (SSSR count). The van der Waals surface area contributed by atoms with Crippen molar-refractivity contribution in [1.29, 1.82) is 0 Å². The van der Waals surface area contributed by atoms with E-state index in [9.17, 15) is 13.2 Å². The standard InChI is InChI=1S/C3H5N3O3S/c4-2-1-5-10(8,9)6-3(2)7/h1-2H,4H2,(H,6,7). The number of carbonyl (C=O) groups excluding carboxylic acids is 1. The molecule has 0 aromatic rings. The van der Waals surface area contributed by atoms with Crippen LogP contribution in [0.25, 0.3) is 0 Å². The summed E-state index contributed by atoms with van der Waals surface area (Å²) < 4.78 is 25.4. The van der Waals surface area contributed by atoms with Crippen LogP contribution in [0.15, 0.2) is 4.40 Å². The Balaban J connectivity index is 3.01. The SMILES string of the molecule is NC1C=NS(=O)(=O)NC1=O. The first kappa shape index (κ1) is 7.16. The molecule has 1 aliphatic rings. The van der Waals surface area contributed by atoms with E-state index >= 15 is 0 Å². The Labute approximate surface area is 57.3 Å². The lowest BCUT2D eigenvalue weighted by Crippen LogP contribution is -2.47. The highest BCUT2D eigenvalue weighted by Crippen LogP contribution is 1.92. The molecule has 6 nitrogen and oxygen atoms in total. The van der Waals surface area contributed by atoms with Gasteiger partial charge in [0, 0.05) is 6.21 Å². The van der Waals surface area contributed by atoms with Gasteiger partial charge in [-0.1, -0.05) is 0 Å². The molecule has 0 aromatic carbocycles. The van der Waals surface area contributed by atoms with E-state index in [2.05, 4.69) is 4.40 Å². The number of nitrogens with one attached hydrogen (secondary N) is 1. The Hall–Kier alpha value is -0.950. The first-order valence-corrected chi connectivity index (χ1v) is 3.83. The van der Waals surface area contributed by atoms with Crippen LogP contribution in [0.1, 0.15) is 0 Å². The summed E-state index contributed by atoms with van der Waals surface area (Å²) >= 11 is 0. The summed E-state index contributed by atoms with van der Waals surface area (Å²) in [5.41, 5.74) is 5.07. The molecule has 0 fully saturated rings. The van der Waals surface area contributed by atoms with Crippen molar-refractivity contribution < 1.29 is 13.2 Å². The van der Waals surface area contributed by atoms with E-state index in [0.717, 1.165) is 6.21 Å². The van der Waals surface area contributed by atoms with E-state index in [-0.39, 0.29) is 0 Å². The van der Waals surface area contributed by atoms with Crippen LogP contribution >= 0.6 is 0 Å². The predicted molar refractivity (Wildman–Crippen MR) is 33.5 cm³/mol. The monoisotopic (exact) mass is 163 g/mol. The maximum atomic E-state index is 10.5. The topological polar surface area (TPSA) is 102 Å². The molecule has 0 bridgehead atoms. The van der Waals surface area contributed by atoms with Gasteiger partial charge in [0.05, 0.1) is 0 Å². The minimum absolute atomic E-state index is 0.755. The average molecular weight is 163 g/mol. The van der Waals surface area contributed by atoms with Crippen molar-refractivity contribution in [2.24, 2.45) is 10.1 Å². The summed E-state index contributed by atoms with van der Waals surface area (Å²) in [7, 11) is -3.77. The smallest absolute Gasteiger partial charge is 0.315 e. The van der Waals surface area contributed by atoms with Crippen LogP contribution in [0.2, 0.25) is 0 Å². The van der Waals surface area contributed by atoms with Crippen molar-refractivity contribution in [3.63, 3.8) is 0 Å². The van der Waals surface area contributed by atoms with Crippen LogP contribution in [0.5, 0.6) is 0 Å². The Morgan fingerprint density at radius 1 is 1.70 bits per heavy atom. The minimum atomic E-state index is -3.77. The molecule has 1 atom stereocenters. The maximum Gasteiger partial charge on any atom is 0.344 e. The van der Waals surface area contributed by atoms with Gasteiger partial charge >= 0.3 is 10.2 Å². The molecule has 10 heavy (non-hydrogen) atoms. The summed E-state index contributed by atoms with van der Waals surface area (Å²) in [6, 6.07) is -0.955. The lowest BCUT2D eigenvalue weighted by atomic mass is 10.3. The fraction of sp³-hybridized carbons (Fsp3) is 0.333. The van der Waals surface area contributed by atoms with Gasteiger partial charge < -0.3 is 5.73 Å². The first-order chi connectivity index (χ1) is 4.51.